The fourth-order valence-electron chi connectivity index (χ4n) is 3.42. The summed E-state index contributed by atoms with van der Waals surface area (Å²) in [6, 6.07) is 17.7. The summed E-state index contributed by atoms with van der Waals surface area (Å²) in [6.07, 6.45) is 1.61. The molecule has 2 heterocycles. The second-order valence-corrected chi connectivity index (χ2v) is 6.81. The molecule has 1 N–H and O–H groups in total. The predicted octanol–water partition coefficient (Wildman–Crippen LogP) is 4.06. The second kappa shape index (κ2) is 7.68. The van der Waals surface area contributed by atoms with E-state index in [0.717, 1.165) is 17.8 Å². The second-order valence-electron chi connectivity index (χ2n) is 6.81. The van der Waals surface area contributed by atoms with E-state index in [9.17, 15) is 9.18 Å². The third kappa shape index (κ3) is 3.67. The van der Waals surface area contributed by atoms with E-state index in [2.05, 4.69) is 21.3 Å². The zero-order chi connectivity index (χ0) is 19.5. The van der Waals surface area contributed by atoms with Crippen molar-refractivity contribution in [2.45, 2.75) is 6.54 Å². The molecule has 0 unspecified atom stereocenters. The van der Waals surface area contributed by atoms with E-state index >= 15 is 0 Å². The van der Waals surface area contributed by atoms with E-state index in [1.165, 1.54) is 12.1 Å². The number of anilines is 3. The first kappa shape index (κ1) is 18.0. The molecule has 1 amide bonds. The summed E-state index contributed by atoms with van der Waals surface area (Å²) in [6.45, 7) is 1.89. The molecule has 0 saturated heterocycles. The molecule has 0 radical (unpaired) electrons. The van der Waals surface area contributed by atoms with Gasteiger partial charge in [0.25, 0.3) is 5.91 Å². The lowest BCUT2D eigenvalue weighted by molar-refractivity contribution is 0.0752. The van der Waals surface area contributed by atoms with Gasteiger partial charge in [-0.2, -0.15) is 0 Å². The minimum absolute atomic E-state index is 0.0999. The van der Waals surface area contributed by atoms with Crippen molar-refractivity contribution in [3.63, 3.8) is 0 Å². The molecule has 0 atom stereocenters. The van der Waals surface area contributed by atoms with Crippen LogP contribution in [0.15, 0.2) is 66.9 Å². The monoisotopic (exact) mass is 376 g/mol. The van der Waals surface area contributed by atoms with Crippen LogP contribution in [0.25, 0.3) is 0 Å². The van der Waals surface area contributed by atoms with Crippen LogP contribution in [0.4, 0.5) is 21.6 Å². The van der Waals surface area contributed by atoms with Gasteiger partial charge in [0.05, 0.1) is 5.56 Å². The lowest BCUT2D eigenvalue weighted by atomic mass is 10.1. The van der Waals surface area contributed by atoms with Gasteiger partial charge in [0, 0.05) is 44.3 Å². The number of likely N-dealkylation sites (N-methyl/N-ethyl adjacent to an activating group) is 1. The minimum atomic E-state index is -0.346. The quantitative estimate of drug-likeness (QED) is 0.749. The van der Waals surface area contributed by atoms with E-state index in [1.807, 2.05) is 30.1 Å². The Kier molecular flexibility index (Phi) is 4.93. The minimum Gasteiger partial charge on any atom is -0.373 e. The van der Waals surface area contributed by atoms with Gasteiger partial charge in [-0.1, -0.05) is 24.3 Å². The Hall–Kier alpha value is -3.41. The highest BCUT2D eigenvalue weighted by Gasteiger charge is 2.24. The van der Waals surface area contributed by atoms with Gasteiger partial charge in [-0.05, 0) is 42.0 Å². The van der Waals surface area contributed by atoms with Gasteiger partial charge >= 0.3 is 0 Å². The van der Waals surface area contributed by atoms with Crippen LogP contribution < -0.4 is 10.2 Å². The topological polar surface area (TPSA) is 48.5 Å². The van der Waals surface area contributed by atoms with E-state index in [1.54, 1.807) is 30.5 Å². The van der Waals surface area contributed by atoms with Gasteiger partial charge in [-0.15, -0.1) is 0 Å². The van der Waals surface area contributed by atoms with E-state index in [0.29, 0.717) is 30.2 Å². The molecule has 5 nitrogen and oxygen atoms in total. The molecule has 28 heavy (non-hydrogen) atoms. The Labute approximate surface area is 163 Å². The Morgan fingerprint density at radius 3 is 2.79 bits per heavy atom. The van der Waals surface area contributed by atoms with Crippen molar-refractivity contribution in [1.82, 2.24) is 9.88 Å². The van der Waals surface area contributed by atoms with Crippen molar-refractivity contribution in [3.05, 3.63) is 83.8 Å². The maximum absolute atomic E-state index is 13.5. The van der Waals surface area contributed by atoms with Crippen LogP contribution in [0.1, 0.15) is 15.9 Å². The number of hydrogen-bond acceptors (Lipinski definition) is 4. The number of halogens is 1. The van der Waals surface area contributed by atoms with Crippen molar-refractivity contribution in [3.8, 4) is 0 Å². The smallest absolute Gasteiger partial charge is 0.257 e. The number of benzene rings is 2. The van der Waals surface area contributed by atoms with Gasteiger partial charge in [0.15, 0.2) is 0 Å². The Morgan fingerprint density at radius 2 is 1.93 bits per heavy atom. The molecule has 2 aromatic carbocycles. The average molecular weight is 376 g/mol. The first-order valence-corrected chi connectivity index (χ1v) is 9.18. The SMILES string of the molecule is CN1CCN(C(=O)c2cccnc2Nc2cccc(F)c2)Cc2ccccc21. The molecular formula is C22H21FN4O. The van der Waals surface area contributed by atoms with Crippen LogP contribution in [-0.4, -0.2) is 35.9 Å². The van der Waals surface area contributed by atoms with Crippen LogP contribution in [0, 0.1) is 5.82 Å². The molecule has 1 aliphatic heterocycles. The number of amides is 1. The fraction of sp³-hybridized carbons (Fsp3) is 0.182. The largest absolute Gasteiger partial charge is 0.373 e. The molecule has 1 aromatic heterocycles. The van der Waals surface area contributed by atoms with Gasteiger partial charge in [0.2, 0.25) is 0 Å². The van der Waals surface area contributed by atoms with Crippen molar-refractivity contribution in [2.24, 2.45) is 0 Å². The maximum Gasteiger partial charge on any atom is 0.257 e. The van der Waals surface area contributed by atoms with E-state index in [4.69, 9.17) is 0 Å². The highest BCUT2D eigenvalue weighted by molar-refractivity contribution is 5.99. The normalized spacial score (nSPS) is 13.6. The molecule has 0 bridgehead atoms. The van der Waals surface area contributed by atoms with Crippen LogP contribution in [0.3, 0.4) is 0 Å². The number of para-hydroxylation sites is 1. The average Bonchev–Trinajstić information content (AvgIpc) is 2.87. The molecule has 1 aliphatic rings. The highest BCUT2D eigenvalue weighted by atomic mass is 19.1. The number of hydrogen-bond donors (Lipinski definition) is 1. The van der Waals surface area contributed by atoms with Crippen LogP contribution in [-0.2, 0) is 6.54 Å². The van der Waals surface area contributed by atoms with E-state index < -0.39 is 0 Å². The summed E-state index contributed by atoms with van der Waals surface area (Å²) in [5.74, 6) is -0.0259. The number of fused-ring (bicyclic) bond motifs is 1. The third-order valence-corrected chi connectivity index (χ3v) is 4.88. The number of pyridine rings is 1. The Balaban J connectivity index is 1.62. The van der Waals surface area contributed by atoms with Gasteiger partial charge in [-0.25, -0.2) is 9.37 Å². The third-order valence-electron chi connectivity index (χ3n) is 4.88. The van der Waals surface area contributed by atoms with Crippen molar-refractivity contribution in [2.75, 3.05) is 30.4 Å². The first-order valence-electron chi connectivity index (χ1n) is 9.18. The van der Waals surface area contributed by atoms with E-state index in [-0.39, 0.29) is 11.7 Å². The number of rotatable bonds is 3. The Morgan fingerprint density at radius 1 is 1.07 bits per heavy atom. The molecule has 3 aromatic rings. The molecule has 4 rings (SSSR count). The summed E-state index contributed by atoms with van der Waals surface area (Å²) in [4.78, 5) is 21.6. The number of carbonyl (C=O) groups excluding carboxylic acids is 1. The fourth-order valence-corrected chi connectivity index (χ4v) is 3.42. The molecular weight excluding hydrogens is 355 g/mol. The van der Waals surface area contributed by atoms with Crippen LogP contribution >= 0.6 is 0 Å². The molecule has 142 valence electrons. The van der Waals surface area contributed by atoms with Crippen molar-refractivity contribution in [1.29, 1.82) is 0 Å². The standard InChI is InChI=1S/C22H21FN4O/c1-26-12-13-27(15-16-6-2-3-10-20(16)26)22(28)19-9-5-11-24-21(19)25-18-8-4-7-17(23)14-18/h2-11,14H,12-13,15H2,1H3,(H,24,25). The molecule has 0 spiro atoms. The van der Waals surface area contributed by atoms with Crippen molar-refractivity contribution >= 4 is 23.1 Å². The van der Waals surface area contributed by atoms with Crippen LogP contribution in [0.5, 0.6) is 0 Å². The number of carbonyl (C=O) groups is 1. The molecule has 0 fully saturated rings. The van der Waals surface area contributed by atoms with Gasteiger partial charge in [0.1, 0.15) is 11.6 Å². The first-order chi connectivity index (χ1) is 13.6. The van der Waals surface area contributed by atoms with Crippen LogP contribution in [0.2, 0.25) is 0 Å². The zero-order valence-corrected chi connectivity index (χ0v) is 15.6. The predicted molar refractivity (Wildman–Crippen MR) is 108 cm³/mol. The zero-order valence-electron chi connectivity index (χ0n) is 15.6. The molecule has 6 heteroatoms. The summed E-state index contributed by atoms with van der Waals surface area (Å²) < 4.78 is 13.5. The van der Waals surface area contributed by atoms with Gasteiger partial charge < -0.3 is 15.1 Å². The maximum atomic E-state index is 13.5. The number of nitrogens with one attached hydrogen (secondary N) is 1. The summed E-state index contributed by atoms with van der Waals surface area (Å²) in [5.41, 5.74) is 3.27. The summed E-state index contributed by atoms with van der Waals surface area (Å²) in [7, 11) is 2.04. The summed E-state index contributed by atoms with van der Waals surface area (Å²) in [5, 5.41) is 3.07. The molecule has 0 saturated carbocycles. The summed E-state index contributed by atoms with van der Waals surface area (Å²) >= 11 is 0. The number of nitrogens with zero attached hydrogens (tertiary/aromatic N) is 3. The lowest BCUT2D eigenvalue weighted by Gasteiger charge is -2.22. The number of aromatic nitrogens is 1. The highest BCUT2D eigenvalue weighted by Crippen LogP contribution is 2.26. The Bertz CT molecular complexity index is 1010. The lowest BCUT2D eigenvalue weighted by Crippen LogP contribution is -2.34. The van der Waals surface area contributed by atoms with Crippen molar-refractivity contribution < 1.29 is 9.18 Å². The molecule has 0 aliphatic carbocycles. The van der Waals surface area contributed by atoms with Gasteiger partial charge in [-0.3, -0.25) is 4.79 Å².